The maximum Gasteiger partial charge on any atom is 0.269 e. The van der Waals surface area contributed by atoms with Gasteiger partial charge in [-0.25, -0.2) is 4.39 Å². The van der Waals surface area contributed by atoms with Crippen molar-refractivity contribution in [2.24, 2.45) is 7.05 Å². The predicted octanol–water partition coefficient (Wildman–Crippen LogP) is 4.01. The Balaban J connectivity index is 1.41. The Labute approximate surface area is 170 Å². The number of furan rings is 1. The number of halogens is 1. The Bertz CT molecular complexity index is 1120. The fourth-order valence-electron chi connectivity index (χ4n) is 2.91. The number of aliphatic hydroxyl groups excluding tert-OH is 1. The monoisotopic (exact) mass is 411 g/mol. The van der Waals surface area contributed by atoms with Crippen LogP contribution < -0.4 is 5.32 Å². The lowest BCUT2D eigenvalue weighted by atomic mass is 10.1. The Kier molecular flexibility index (Phi) is 5.28. The van der Waals surface area contributed by atoms with Crippen molar-refractivity contribution in [1.82, 2.24) is 15.1 Å². The van der Waals surface area contributed by atoms with Gasteiger partial charge in [0.25, 0.3) is 5.91 Å². The molecule has 29 heavy (non-hydrogen) atoms. The fourth-order valence-corrected chi connectivity index (χ4v) is 3.87. The van der Waals surface area contributed by atoms with Crippen LogP contribution in [-0.2, 0) is 7.05 Å². The van der Waals surface area contributed by atoms with Crippen molar-refractivity contribution < 1.29 is 18.7 Å². The van der Waals surface area contributed by atoms with Crippen LogP contribution in [0.2, 0.25) is 0 Å². The quantitative estimate of drug-likeness (QED) is 0.502. The second-order valence-electron chi connectivity index (χ2n) is 6.45. The van der Waals surface area contributed by atoms with Gasteiger partial charge in [-0.2, -0.15) is 5.10 Å². The number of aliphatic hydroxyl groups is 1. The third-order valence-corrected chi connectivity index (χ3v) is 5.63. The lowest BCUT2D eigenvalue weighted by Gasteiger charge is -2.10. The minimum absolute atomic E-state index is 0.0635. The fraction of sp³-hybridized carbons (Fsp3) is 0.143. The largest absolute Gasteiger partial charge is 0.464 e. The van der Waals surface area contributed by atoms with Crippen molar-refractivity contribution in [2.45, 2.75) is 6.10 Å². The molecule has 0 fully saturated rings. The summed E-state index contributed by atoms with van der Waals surface area (Å²) in [5, 5.41) is 17.5. The van der Waals surface area contributed by atoms with E-state index in [1.807, 2.05) is 18.2 Å². The van der Waals surface area contributed by atoms with E-state index in [1.165, 1.54) is 28.2 Å². The molecule has 0 radical (unpaired) electrons. The number of nitrogens with zero attached hydrogens (tertiary/aromatic N) is 2. The first-order valence-corrected chi connectivity index (χ1v) is 9.73. The minimum Gasteiger partial charge on any atom is -0.464 e. The highest BCUT2D eigenvalue weighted by Crippen LogP contribution is 2.31. The van der Waals surface area contributed by atoms with Crippen molar-refractivity contribution in [1.29, 1.82) is 0 Å². The number of benzene rings is 1. The highest BCUT2D eigenvalue weighted by atomic mass is 32.1. The molecule has 0 aliphatic rings. The van der Waals surface area contributed by atoms with Gasteiger partial charge in [0.1, 0.15) is 23.4 Å². The average molecular weight is 411 g/mol. The number of thiophene rings is 1. The number of rotatable bonds is 6. The van der Waals surface area contributed by atoms with E-state index in [4.69, 9.17) is 4.42 Å². The molecule has 1 atom stereocenters. The second-order valence-corrected chi connectivity index (χ2v) is 7.57. The van der Waals surface area contributed by atoms with Crippen LogP contribution >= 0.6 is 11.3 Å². The zero-order valence-electron chi connectivity index (χ0n) is 15.5. The summed E-state index contributed by atoms with van der Waals surface area (Å²) in [4.78, 5) is 14.2. The maximum absolute atomic E-state index is 13.1. The number of hydrogen-bond donors (Lipinski definition) is 2. The summed E-state index contributed by atoms with van der Waals surface area (Å²) in [6, 6.07) is 14.9. The zero-order valence-corrected chi connectivity index (χ0v) is 16.3. The molecule has 1 amide bonds. The topological polar surface area (TPSA) is 80.3 Å². The summed E-state index contributed by atoms with van der Waals surface area (Å²) in [5.41, 5.74) is 1.63. The van der Waals surface area contributed by atoms with Crippen molar-refractivity contribution in [3.05, 3.63) is 77.2 Å². The standard InChI is InChI=1S/C21H18FN3O3S/c1-25-16(11-15(24-25)13-4-6-14(22)7-5-13)21(27)23-12-17(26)19-8-9-20(29-19)18-3-2-10-28-18/h2-11,17,26H,12H2,1H3,(H,23,27). The highest BCUT2D eigenvalue weighted by Gasteiger charge is 2.17. The third kappa shape index (κ3) is 4.13. The molecule has 148 valence electrons. The Morgan fingerprint density at radius 1 is 1.28 bits per heavy atom. The van der Waals surface area contributed by atoms with E-state index in [2.05, 4.69) is 10.4 Å². The van der Waals surface area contributed by atoms with Crippen molar-refractivity contribution in [2.75, 3.05) is 6.54 Å². The van der Waals surface area contributed by atoms with E-state index in [9.17, 15) is 14.3 Å². The SMILES string of the molecule is Cn1nc(-c2ccc(F)cc2)cc1C(=O)NCC(O)c1ccc(-c2ccco2)s1. The molecule has 4 rings (SSSR count). The number of aromatic nitrogens is 2. The molecule has 0 saturated carbocycles. The van der Waals surface area contributed by atoms with E-state index < -0.39 is 6.10 Å². The summed E-state index contributed by atoms with van der Waals surface area (Å²) in [6.45, 7) is 0.0635. The molecule has 3 heterocycles. The molecular weight excluding hydrogens is 393 g/mol. The number of amides is 1. The molecule has 6 nitrogen and oxygen atoms in total. The van der Waals surface area contributed by atoms with Crippen LogP contribution in [0.4, 0.5) is 4.39 Å². The van der Waals surface area contributed by atoms with Crippen molar-refractivity contribution in [3.63, 3.8) is 0 Å². The molecule has 3 aromatic heterocycles. The van der Waals surface area contributed by atoms with E-state index in [0.29, 0.717) is 17.0 Å². The Hall–Kier alpha value is -3.23. The Morgan fingerprint density at radius 3 is 2.79 bits per heavy atom. The summed E-state index contributed by atoms with van der Waals surface area (Å²) in [7, 11) is 1.66. The van der Waals surface area contributed by atoms with E-state index in [1.54, 1.807) is 37.6 Å². The first-order chi connectivity index (χ1) is 14.0. The average Bonchev–Trinajstić information content (AvgIpc) is 3.46. The molecule has 4 aromatic rings. The van der Waals surface area contributed by atoms with Crippen LogP contribution in [0.1, 0.15) is 21.5 Å². The molecule has 0 spiro atoms. The van der Waals surface area contributed by atoms with Crippen LogP contribution in [0.5, 0.6) is 0 Å². The van der Waals surface area contributed by atoms with Gasteiger partial charge in [0.15, 0.2) is 0 Å². The molecule has 8 heteroatoms. The molecular formula is C21H18FN3O3S. The lowest BCUT2D eigenvalue weighted by Crippen LogP contribution is -2.29. The second kappa shape index (κ2) is 8.02. The van der Waals surface area contributed by atoms with Gasteiger partial charge in [-0.15, -0.1) is 11.3 Å². The molecule has 2 N–H and O–H groups in total. The molecule has 1 unspecified atom stereocenters. The summed E-state index contributed by atoms with van der Waals surface area (Å²) in [5.74, 6) is 0.0522. The first kappa shape index (κ1) is 19.1. The lowest BCUT2D eigenvalue weighted by molar-refractivity contribution is 0.0908. The van der Waals surface area contributed by atoms with Gasteiger partial charge in [0.05, 0.1) is 16.8 Å². The van der Waals surface area contributed by atoms with Gasteiger partial charge in [-0.3, -0.25) is 9.48 Å². The van der Waals surface area contributed by atoms with Crippen LogP contribution in [0.3, 0.4) is 0 Å². The van der Waals surface area contributed by atoms with Gasteiger partial charge in [0, 0.05) is 24.0 Å². The zero-order chi connectivity index (χ0) is 20.4. The summed E-state index contributed by atoms with van der Waals surface area (Å²) >= 11 is 1.41. The predicted molar refractivity (Wildman–Crippen MR) is 108 cm³/mol. The van der Waals surface area contributed by atoms with Crippen LogP contribution in [0.25, 0.3) is 21.9 Å². The van der Waals surface area contributed by atoms with E-state index in [-0.39, 0.29) is 18.3 Å². The Morgan fingerprint density at radius 2 is 2.07 bits per heavy atom. The maximum atomic E-state index is 13.1. The minimum atomic E-state index is -0.836. The van der Waals surface area contributed by atoms with Gasteiger partial charge >= 0.3 is 0 Å². The van der Waals surface area contributed by atoms with E-state index in [0.717, 1.165) is 15.5 Å². The van der Waals surface area contributed by atoms with E-state index >= 15 is 0 Å². The third-order valence-electron chi connectivity index (χ3n) is 4.43. The van der Waals surface area contributed by atoms with Gasteiger partial charge in [-0.1, -0.05) is 0 Å². The smallest absolute Gasteiger partial charge is 0.269 e. The number of carbonyl (C=O) groups excluding carboxylic acids is 1. The first-order valence-electron chi connectivity index (χ1n) is 8.91. The molecule has 0 aliphatic heterocycles. The number of carbonyl (C=O) groups is 1. The van der Waals surface area contributed by atoms with Gasteiger partial charge < -0.3 is 14.8 Å². The van der Waals surface area contributed by atoms with Gasteiger partial charge in [-0.05, 0) is 54.6 Å². The number of hydrogen-bond acceptors (Lipinski definition) is 5. The molecule has 1 aromatic carbocycles. The normalized spacial score (nSPS) is 12.1. The summed E-state index contributed by atoms with van der Waals surface area (Å²) in [6.07, 6.45) is 0.761. The molecule has 0 bridgehead atoms. The van der Waals surface area contributed by atoms with Crippen LogP contribution in [-0.4, -0.2) is 27.3 Å². The number of aryl methyl sites for hydroxylation is 1. The summed E-state index contributed by atoms with van der Waals surface area (Å²) < 4.78 is 19.9. The van der Waals surface area contributed by atoms with Crippen molar-refractivity contribution in [3.8, 4) is 21.9 Å². The highest BCUT2D eigenvalue weighted by molar-refractivity contribution is 7.15. The van der Waals surface area contributed by atoms with Crippen LogP contribution in [0.15, 0.2) is 65.3 Å². The van der Waals surface area contributed by atoms with Gasteiger partial charge in [0.2, 0.25) is 0 Å². The van der Waals surface area contributed by atoms with Crippen molar-refractivity contribution >= 4 is 17.2 Å². The number of nitrogens with one attached hydrogen (secondary N) is 1. The molecule has 0 saturated heterocycles. The van der Waals surface area contributed by atoms with Crippen LogP contribution in [0, 0.1) is 5.82 Å². The molecule has 0 aliphatic carbocycles.